The van der Waals surface area contributed by atoms with Gasteiger partial charge in [0.25, 0.3) is 0 Å². The van der Waals surface area contributed by atoms with Gasteiger partial charge in [-0.3, -0.25) is 0 Å². The molecule has 1 fully saturated rings. The second kappa shape index (κ2) is 4.58. The minimum absolute atomic E-state index is 0.715. The number of nitrogens with one attached hydrogen (secondary N) is 1. The summed E-state index contributed by atoms with van der Waals surface area (Å²) in [7, 11) is 1.97. The third-order valence-electron chi connectivity index (χ3n) is 3.51. The Kier molecular flexibility index (Phi) is 2.92. The van der Waals surface area contributed by atoms with E-state index in [0.717, 1.165) is 6.54 Å². The Morgan fingerprint density at radius 2 is 2.17 bits per heavy atom. The van der Waals surface area contributed by atoms with Crippen LogP contribution < -0.4 is 5.32 Å². The van der Waals surface area contributed by atoms with Gasteiger partial charge in [-0.15, -0.1) is 0 Å². The molecule has 3 heteroatoms. The number of rotatable bonds is 4. The number of benzene rings is 1. The van der Waals surface area contributed by atoms with Crippen LogP contribution in [0.3, 0.4) is 0 Å². The Morgan fingerprint density at radius 3 is 2.89 bits per heavy atom. The maximum Gasteiger partial charge on any atom is 0.0678 e. The minimum Gasteiger partial charge on any atom is -0.316 e. The van der Waals surface area contributed by atoms with Crippen LogP contribution in [-0.2, 0) is 6.54 Å². The second-order valence-electron chi connectivity index (χ2n) is 5.11. The highest BCUT2D eigenvalue weighted by atomic mass is 15.3. The molecule has 3 nitrogen and oxygen atoms in total. The van der Waals surface area contributed by atoms with Crippen molar-refractivity contribution in [2.75, 3.05) is 7.05 Å². The topological polar surface area (TPSA) is 29.9 Å². The van der Waals surface area contributed by atoms with Crippen LogP contribution in [-0.4, -0.2) is 16.8 Å². The van der Waals surface area contributed by atoms with Gasteiger partial charge < -0.3 is 5.32 Å². The van der Waals surface area contributed by atoms with Crippen LogP contribution in [0.25, 0.3) is 5.69 Å². The fourth-order valence-corrected chi connectivity index (χ4v) is 2.28. The van der Waals surface area contributed by atoms with Crippen molar-refractivity contribution in [3.63, 3.8) is 0 Å². The fourth-order valence-electron chi connectivity index (χ4n) is 2.28. The molecule has 0 radical (unpaired) electrons. The van der Waals surface area contributed by atoms with E-state index in [1.807, 2.05) is 11.7 Å². The zero-order chi connectivity index (χ0) is 12.5. The number of nitrogens with zero attached hydrogens (tertiary/aromatic N) is 2. The van der Waals surface area contributed by atoms with E-state index in [0.29, 0.717) is 5.92 Å². The predicted molar refractivity (Wildman–Crippen MR) is 73.0 cm³/mol. The summed E-state index contributed by atoms with van der Waals surface area (Å²) in [4.78, 5) is 0. The Labute approximate surface area is 108 Å². The van der Waals surface area contributed by atoms with Crippen LogP contribution in [0.1, 0.15) is 35.6 Å². The van der Waals surface area contributed by atoms with E-state index < -0.39 is 0 Å². The lowest BCUT2D eigenvalue weighted by molar-refractivity contribution is 0.803. The molecule has 1 aliphatic rings. The van der Waals surface area contributed by atoms with Gasteiger partial charge in [-0.1, -0.05) is 12.1 Å². The summed E-state index contributed by atoms with van der Waals surface area (Å²) in [5.74, 6) is 0.715. The Hall–Kier alpha value is -1.61. The standard InChI is InChI=1S/C15H19N3/c1-11-3-4-12(10-16-2)9-15(11)18-8-7-14(17-18)13-5-6-13/h3-4,7-9,13,16H,5-6,10H2,1-2H3. The zero-order valence-electron chi connectivity index (χ0n) is 11.0. The van der Waals surface area contributed by atoms with Gasteiger partial charge in [0.1, 0.15) is 0 Å². The molecule has 18 heavy (non-hydrogen) atoms. The molecule has 0 amide bonds. The van der Waals surface area contributed by atoms with Crippen LogP contribution in [0.2, 0.25) is 0 Å². The first kappa shape index (κ1) is 11.5. The Bertz CT molecular complexity index is 553. The van der Waals surface area contributed by atoms with Crippen LogP contribution in [0.15, 0.2) is 30.5 Å². The van der Waals surface area contributed by atoms with Crippen molar-refractivity contribution in [2.24, 2.45) is 0 Å². The highest BCUT2D eigenvalue weighted by Gasteiger charge is 2.25. The largest absolute Gasteiger partial charge is 0.316 e. The average molecular weight is 241 g/mol. The monoisotopic (exact) mass is 241 g/mol. The molecule has 0 saturated heterocycles. The molecule has 1 aromatic heterocycles. The van der Waals surface area contributed by atoms with Gasteiger partial charge in [0.05, 0.1) is 11.4 Å². The van der Waals surface area contributed by atoms with Crippen LogP contribution in [0.4, 0.5) is 0 Å². The molecule has 1 aliphatic carbocycles. The summed E-state index contributed by atoms with van der Waals surface area (Å²) in [5.41, 5.74) is 4.99. The summed E-state index contributed by atoms with van der Waals surface area (Å²) in [6.45, 7) is 3.03. The summed E-state index contributed by atoms with van der Waals surface area (Å²) in [5, 5.41) is 7.89. The lowest BCUT2D eigenvalue weighted by atomic mass is 10.1. The molecule has 1 aromatic carbocycles. The SMILES string of the molecule is CNCc1ccc(C)c(-n2ccc(C3CC3)n2)c1. The van der Waals surface area contributed by atoms with Crippen LogP contribution in [0.5, 0.6) is 0 Å². The predicted octanol–water partition coefficient (Wildman–Crippen LogP) is 2.78. The normalized spacial score (nSPS) is 15.0. The minimum atomic E-state index is 0.715. The Morgan fingerprint density at radius 1 is 1.33 bits per heavy atom. The first-order valence-electron chi connectivity index (χ1n) is 6.58. The van der Waals surface area contributed by atoms with Crippen LogP contribution in [0, 0.1) is 6.92 Å². The molecule has 94 valence electrons. The number of aromatic nitrogens is 2. The lowest BCUT2D eigenvalue weighted by Crippen LogP contribution is -2.07. The molecule has 1 heterocycles. The first-order chi connectivity index (χ1) is 8.78. The van der Waals surface area contributed by atoms with Crippen molar-refractivity contribution < 1.29 is 0 Å². The first-order valence-corrected chi connectivity index (χ1v) is 6.58. The van der Waals surface area contributed by atoms with Crippen molar-refractivity contribution >= 4 is 0 Å². The quantitative estimate of drug-likeness (QED) is 0.892. The van der Waals surface area contributed by atoms with Gasteiger partial charge >= 0.3 is 0 Å². The van der Waals surface area contributed by atoms with E-state index in [1.165, 1.54) is 35.3 Å². The fraction of sp³-hybridized carbons (Fsp3) is 0.400. The second-order valence-corrected chi connectivity index (χ2v) is 5.11. The zero-order valence-corrected chi connectivity index (χ0v) is 11.0. The molecule has 0 aliphatic heterocycles. The maximum atomic E-state index is 4.70. The van der Waals surface area contributed by atoms with E-state index in [2.05, 4.69) is 42.7 Å². The van der Waals surface area contributed by atoms with E-state index in [4.69, 9.17) is 5.10 Å². The molecule has 3 rings (SSSR count). The molecule has 2 aromatic rings. The van der Waals surface area contributed by atoms with Gasteiger partial charge in [0, 0.05) is 18.7 Å². The van der Waals surface area contributed by atoms with Gasteiger partial charge in [0.2, 0.25) is 0 Å². The summed E-state index contributed by atoms with van der Waals surface area (Å²) < 4.78 is 2.02. The highest BCUT2D eigenvalue weighted by Crippen LogP contribution is 2.39. The number of hydrogen-bond donors (Lipinski definition) is 1. The van der Waals surface area contributed by atoms with E-state index in [-0.39, 0.29) is 0 Å². The number of hydrogen-bond acceptors (Lipinski definition) is 2. The van der Waals surface area contributed by atoms with E-state index in [1.54, 1.807) is 0 Å². The molecular weight excluding hydrogens is 222 g/mol. The molecule has 0 spiro atoms. The van der Waals surface area contributed by atoms with E-state index in [9.17, 15) is 0 Å². The van der Waals surface area contributed by atoms with Crippen molar-refractivity contribution in [1.29, 1.82) is 0 Å². The number of aryl methyl sites for hydroxylation is 1. The molecule has 0 bridgehead atoms. The Balaban J connectivity index is 1.95. The molecule has 1 saturated carbocycles. The summed E-state index contributed by atoms with van der Waals surface area (Å²) >= 11 is 0. The smallest absolute Gasteiger partial charge is 0.0678 e. The highest BCUT2D eigenvalue weighted by molar-refractivity contribution is 5.43. The summed E-state index contributed by atoms with van der Waals surface area (Å²) in [6, 6.07) is 8.71. The van der Waals surface area contributed by atoms with E-state index >= 15 is 0 Å². The third-order valence-corrected chi connectivity index (χ3v) is 3.51. The lowest BCUT2D eigenvalue weighted by Gasteiger charge is -2.09. The van der Waals surface area contributed by atoms with Gasteiger partial charge in [0.15, 0.2) is 0 Å². The third kappa shape index (κ3) is 2.18. The van der Waals surface area contributed by atoms with Gasteiger partial charge in [-0.25, -0.2) is 4.68 Å². The molecule has 0 atom stereocenters. The molecule has 1 N–H and O–H groups in total. The van der Waals surface area contributed by atoms with Crippen molar-refractivity contribution in [2.45, 2.75) is 32.2 Å². The summed E-state index contributed by atoms with van der Waals surface area (Å²) in [6.07, 6.45) is 4.69. The average Bonchev–Trinajstić information content (AvgIpc) is 3.11. The van der Waals surface area contributed by atoms with Crippen molar-refractivity contribution in [3.05, 3.63) is 47.3 Å². The van der Waals surface area contributed by atoms with Gasteiger partial charge in [-0.2, -0.15) is 5.10 Å². The van der Waals surface area contributed by atoms with Crippen LogP contribution >= 0.6 is 0 Å². The van der Waals surface area contributed by atoms with Crippen molar-refractivity contribution in [3.8, 4) is 5.69 Å². The van der Waals surface area contributed by atoms with Crippen molar-refractivity contribution in [1.82, 2.24) is 15.1 Å². The maximum absolute atomic E-state index is 4.70. The molecule has 0 unspecified atom stereocenters. The van der Waals surface area contributed by atoms with Gasteiger partial charge in [-0.05, 0) is 50.1 Å². The molecular formula is C15H19N3.